The van der Waals surface area contributed by atoms with Crippen LogP contribution in [-0.2, 0) is 4.74 Å². The molecular formula is C6H11NOS. The molecule has 0 radical (unpaired) electrons. The Morgan fingerprint density at radius 2 is 2.67 bits per heavy atom. The molecule has 1 rings (SSSR count). The van der Waals surface area contributed by atoms with Crippen LogP contribution in [0.25, 0.3) is 0 Å². The normalized spacial score (nSPS) is 28.0. The lowest BCUT2D eigenvalue weighted by atomic mass is 10.4. The van der Waals surface area contributed by atoms with Gasteiger partial charge in [0, 0.05) is 6.42 Å². The van der Waals surface area contributed by atoms with Crippen molar-refractivity contribution < 1.29 is 4.74 Å². The number of rotatable bonds is 2. The Morgan fingerprint density at radius 3 is 3.11 bits per heavy atom. The van der Waals surface area contributed by atoms with Crippen LogP contribution in [0.3, 0.4) is 0 Å². The third-order valence-corrected chi connectivity index (χ3v) is 1.27. The molecule has 0 spiro atoms. The number of nitrogens with one attached hydrogen (secondary N) is 1. The van der Waals surface area contributed by atoms with Crippen molar-refractivity contribution in [3.63, 3.8) is 0 Å². The molecule has 0 fully saturated rings. The first-order chi connectivity index (χ1) is 4.29. The molecule has 9 heavy (non-hydrogen) atoms. The van der Waals surface area contributed by atoms with Crippen molar-refractivity contribution in [2.45, 2.75) is 24.9 Å². The molecule has 0 aromatic carbocycles. The summed E-state index contributed by atoms with van der Waals surface area (Å²) in [6.07, 6.45) is 4.81. The first kappa shape index (κ1) is 6.96. The third kappa shape index (κ3) is 2.28. The Kier molecular flexibility index (Phi) is 2.42. The molecule has 3 heteroatoms. The van der Waals surface area contributed by atoms with Crippen molar-refractivity contribution in [3.05, 3.63) is 12.3 Å². The first-order valence-electron chi connectivity index (χ1n) is 3.03. The molecule has 2 nitrogen and oxygen atoms in total. The second-order valence-electron chi connectivity index (χ2n) is 2.07. The molecular weight excluding hydrogens is 134 g/mol. The van der Waals surface area contributed by atoms with Gasteiger partial charge >= 0.3 is 0 Å². The maximum absolute atomic E-state index is 5.12. The van der Waals surface area contributed by atoms with Crippen LogP contribution in [-0.4, -0.2) is 11.6 Å². The molecule has 0 saturated heterocycles. The summed E-state index contributed by atoms with van der Waals surface area (Å²) < 4.78 is 5.12. The number of hydrogen-bond donors (Lipinski definition) is 2. The van der Waals surface area contributed by atoms with Gasteiger partial charge in [-0.1, -0.05) is 0 Å². The monoisotopic (exact) mass is 145 g/mol. The molecule has 1 heterocycles. The van der Waals surface area contributed by atoms with E-state index in [1.54, 1.807) is 6.26 Å². The van der Waals surface area contributed by atoms with Crippen LogP contribution in [0, 0.1) is 0 Å². The van der Waals surface area contributed by atoms with Gasteiger partial charge in [-0.05, 0) is 13.0 Å². The highest BCUT2D eigenvalue weighted by Crippen LogP contribution is 2.06. The largest absolute Gasteiger partial charge is 0.483 e. The van der Waals surface area contributed by atoms with E-state index in [4.69, 9.17) is 4.74 Å². The van der Waals surface area contributed by atoms with E-state index >= 15 is 0 Å². The van der Waals surface area contributed by atoms with Crippen LogP contribution in [0.2, 0.25) is 0 Å². The zero-order valence-corrected chi connectivity index (χ0v) is 6.27. The molecule has 0 aliphatic carbocycles. The Hall–Kier alpha value is -0.150. The van der Waals surface area contributed by atoms with E-state index in [9.17, 15) is 0 Å². The minimum atomic E-state index is 0.150. The summed E-state index contributed by atoms with van der Waals surface area (Å²) >= 11 is 4.15. The molecule has 0 amide bonds. The van der Waals surface area contributed by atoms with Crippen molar-refractivity contribution >= 4 is 12.6 Å². The lowest BCUT2D eigenvalue weighted by Crippen LogP contribution is -2.32. The SMILES string of the molecule is CC(S)NC1CC=CO1. The van der Waals surface area contributed by atoms with E-state index in [0.29, 0.717) is 0 Å². The standard InChI is InChI=1S/C6H11NOS/c1-5(9)7-6-3-2-4-8-6/h2,4-7,9H,3H2,1H3. The second-order valence-corrected chi connectivity index (χ2v) is 2.85. The maximum Gasteiger partial charge on any atom is 0.153 e. The van der Waals surface area contributed by atoms with Crippen LogP contribution < -0.4 is 5.32 Å². The van der Waals surface area contributed by atoms with Gasteiger partial charge in [0.25, 0.3) is 0 Å². The molecule has 1 N–H and O–H groups in total. The minimum Gasteiger partial charge on any atom is -0.483 e. The van der Waals surface area contributed by atoms with Crippen LogP contribution >= 0.6 is 12.6 Å². The fourth-order valence-corrected chi connectivity index (χ4v) is 0.928. The quantitative estimate of drug-likeness (QED) is 0.448. The summed E-state index contributed by atoms with van der Waals surface area (Å²) in [5.41, 5.74) is 0. The predicted molar refractivity (Wildman–Crippen MR) is 40.2 cm³/mol. The lowest BCUT2D eigenvalue weighted by Gasteiger charge is -2.14. The predicted octanol–water partition coefficient (Wildman–Crippen LogP) is 1.11. The van der Waals surface area contributed by atoms with Gasteiger partial charge in [-0.25, -0.2) is 0 Å². The van der Waals surface area contributed by atoms with Gasteiger partial charge in [0.15, 0.2) is 6.23 Å². The number of hydrogen-bond acceptors (Lipinski definition) is 3. The van der Waals surface area contributed by atoms with Gasteiger partial charge in [0.05, 0.1) is 11.6 Å². The number of ether oxygens (including phenoxy) is 1. The Morgan fingerprint density at radius 1 is 1.89 bits per heavy atom. The molecule has 2 atom stereocenters. The van der Waals surface area contributed by atoms with E-state index < -0.39 is 0 Å². The molecule has 0 aromatic heterocycles. The maximum atomic E-state index is 5.12. The molecule has 0 bridgehead atoms. The van der Waals surface area contributed by atoms with Crippen LogP contribution in [0.15, 0.2) is 12.3 Å². The van der Waals surface area contributed by atoms with Crippen LogP contribution in [0.5, 0.6) is 0 Å². The molecule has 1 aliphatic heterocycles. The minimum absolute atomic E-state index is 0.150. The Labute approximate surface area is 60.7 Å². The van der Waals surface area contributed by atoms with Gasteiger partial charge in [0.1, 0.15) is 0 Å². The van der Waals surface area contributed by atoms with Crippen LogP contribution in [0.1, 0.15) is 13.3 Å². The van der Waals surface area contributed by atoms with E-state index in [0.717, 1.165) is 6.42 Å². The smallest absolute Gasteiger partial charge is 0.153 e. The lowest BCUT2D eigenvalue weighted by molar-refractivity contribution is 0.135. The van der Waals surface area contributed by atoms with Crippen molar-refractivity contribution in [2.24, 2.45) is 0 Å². The summed E-state index contributed by atoms with van der Waals surface area (Å²) in [4.78, 5) is 0. The highest BCUT2D eigenvalue weighted by atomic mass is 32.1. The fourth-order valence-electron chi connectivity index (χ4n) is 0.761. The zero-order valence-electron chi connectivity index (χ0n) is 5.37. The van der Waals surface area contributed by atoms with E-state index in [2.05, 4.69) is 17.9 Å². The van der Waals surface area contributed by atoms with E-state index in [-0.39, 0.29) is 11.6 Å². The Balaban J connectivity index is 2.14. The molecule has 1 aliphatic rings. The molecule has 52 valence electrons. The van der Waals surface area contributed by atoms with Crippen LogP contribution in [0.4, 0.5) is 0 Å². The molecule has 0 saturated carbocycles. The average Bonchev–Trinajstić information content (AvgIpc) is 2.15. The summed E-state index contributed by atoms with van der Waals surface area (Å²) in [6, 6.07) is 0. The van der Waals surface area contributed by atoms with Crippen molar-refractivity contribution in [1.82, 2.24) is 5.32 Å². The van der Waals surface area contributed by atoms with Gasteiger partial charge in [-0.3, -0.25) is 5.32 Å². The van der Waals surface area contributed by atoms with Crippen molar-refractivity contribution in [1.29, 1.82) is 0 Å². The van der Waals surface area contributed by atoms with Gasteiger partial charge < -0.3 is 4.74 Å². The van der Waals surface area contributed by atoms with Gasteiger partial charge in [0.2, 0.25) is 0 Å². The topological polar surface area (TPSA) is 21.3 Å². The first-order valence-corrected chi connectivity index (χ1v) is 3.55. The zero-order chi connectivity index (χ0) is 6.69. The highest BCUT2D eigenvalue weighted by molar-refractivity contribution is 7.80. The summed E-state index contributed by atoms with van der Waals surface area (Å²) in [6.45, 7) is 1.98. The van der Waals surface area contributed by atoms with Crippen molar-refractivity contribution in [2.75, 3.05) is 0 Å². The summed E-state index contributed by atoms with van der Waals surface area (Å²) in [5.74, 6) is 0. The summed E-state index contributed by atoms with van der Waals surface area (Å²) in [5, 5.41) is 3.32. The summed E-state index contributed by atoms with van der Waals surface area (Å²) in [7, 11) is 0. The van der Waals surface area contributed by atoms with Crippen molar-refractivity contribution in [3.8, 4) is 0 Å². The second kappa shape index (κ2) is 3.13. The molecule has 2 unspecified atom stereocenters. The van der Waals surface area contributed by atoms with E-state index in [1.807, 2.05) is 13.0 Å². The Bertz CT molecular complexity index is 106. The third-order valence-electron chi connectivity index (χ3n) is 1.12. The van der Waals surface area contributed by atoms with E-state index in [1.165, 1.54) is 0 Å². The average molecular weight is 145 g/mol. The van der Waals surface area contributed by atoms with Gasteiger partial charge in [-0.2, -0.15) is 12.6 Å². The fraction of sp³-hybridized carbons (Fsp3) is 0.667. The number of thiol groups is 1. The van der Waals surface area contributed by atoms with Gasteiger partial charge in [-0.15, -0.1) is 0 Å². The highest BCUT2D eigenvalue weighted by Gasteiger charge is 2.10. The molecule has 0 aromatic rings.